The van der Waals surface area contributed by atoms with Gasteiger partial charge in [0, 0.05) is 11.1 Å². The zero-order valence-corrected chi connectivity index (χ0v) is 7.75. The Morgan fingerprint density at radius 3 is 2.71 bits per heavy atom. The highest BCUT2D eigenvalue weighted by Gasteiger charge is 2.16. The molecule has 1 aliphatic carbocycles. The average Bonchev–Trinajstić information content (AvgIpc) is 2.12. The number of allylic oxidation sites excluding steroid dienone is 6. The molecule has 1 heterocycles. The Hall–Kier alpha value is -1.90. The molecule has 3 heteroatoms. The summed E-state index contributed by atoms with van der Waals surface area (Å²) in [4.78, 5) is 0. The Bertz CT molecular complexity index is 404. The van der Waals surface area contributed by atoms with Gasteiger partial charge in [0.15, 0.2) is 0 Å². The second kappa shape index (κ2) is 3.46. The summed E-state index contributed by atoms with van der Waals surface area (Å²) in [5.41, 5.74) is 6.15. The van der Waals surface area contributed by atoms with Crippen molar-refractivity contribution in [2.24, 2.45) is 5.10 Å². The van der Waals surface area contributed by atoms with Crippen molar-refractivity contribution in [3.05, 3.63) is 48.1 Å². The van der Waals surface area contributed by atoms with Crippen LogP contribution in [0.25, 0.3) is 0 Å². The molecular formula is C11H11N3. The van der Waals surface area contributed by atoms with Gasteiger partial charge in [0.05, 0.1) is 18.0 Å². The van der Waals surface area contributed by atoms with Gasteiger partial charge in [0.25, 0.3) is 0 Å². The van der Waals surface area contributed by atoms with Gasteiger partial charge >= 0.3 is 0 Å². The van der Waals surface area contributed by atoms with Crippen LogP contribution in [-0.4, -0.2) is 18.0 Å². The van der Waals surface area contributed by atoms with E-state index in [4.69, 9.17) is 5.41 Å². The summed E-state index contributed by atoms with van der Waals surface area (Å²) >= 11 is 0. The van der Waals surface area contributed by atoms with Crippen LogP contribution in [0.2, 0.25) is 0 Å². The van der Waals surface area contributed by atoms with Gasteiger partial charge in [-0.15, -0.1) is 0 Å². The number of nitrogens with zero attached hydrogens (tertiary/aromatic N) is 1. The van der Waals surface area contributed by atoms with Crippen LogP contribution in [0.5, 0.6) is 0 Å². The fraction of sp³-hybridized carbons (Fsp3) is 0.0909. The molecule has 0 fully saturated rings. The first-order valence-corrected chi connectivity index (χ1v) is 4.43. The molecule has 0 bridgehead atoms. The number of nitrogens with one attached hydrogen (secondary N) is 2. The smallest absolute Gasteiger partial charge is 0.0889 e. The quantitative estimate of drug-likeness (QED) is 0.674. The molecule has 0 unspecified atom stereocenters. The molecule has 2 aliphatic rings. The molecule has 0 atom stereocenters. The summed E-state index contributed by atoms with van der Waals surface area (Å²) in [5, 5.41) is 11.8. The molecular weight excluding hydrogens is 174 g/mol. The molecule has 2 rings (SSSR count). The lowest BCUT2D eigenvalue weighted by atomic mass is 9.95. The first-order valence-electron chi connectivity index (χ1n) is 4.43. The molecule has 70 valence electrons. The van der Waals surface area contributed by atoms with Gasteiger partial charge < -0.3 is 10.8 Å². The maximum atomic E-state index is 7.75. The lowest BCUT2D eigenvalue weighted by Gasteiger charge is -2.18. The monoisotopic (exact) mass is 185 g/mol. The lowest BCUT2D eigenvalue weighted by molar-refractivity contribution is 0.772. The van der Waals surface area contributed by atoms with Crippen LogP contribution >= 0.6 is 0 Å². The highest BCUT2D eigenvalue weighted by atomic mass is 15.3. The molecule has 0 aromatic heterocycles. The molecule has 0 aromatic rings. The molecule has 0 saturated carbocycles. The van der Waals surface area contributed by atoms with Crippen molar-refractivity contribution in [3.63, 3.8) is 0 Å². The minimum atomic E-state index is 0.511. The maximum absolute atomic E-state index is 7.75. The molecule has 1 aliphatic heterocycles. The van der Waals surface area contributed by atoms with Gasteiger partial charge in [-0.2, -0.15) is 5.10 Å². The molecule has 0 amide bonds. The Labute approximate surface area is 82.7 Å². The van der Waals surface area contributed by atoms with Crippen LogP contribution in [0.4, 0.5) is 0 Å². The van der Waals surface area contributed by atoms with E-state index >= 15 is 0 Å². The number of hydrogen-bond acceptors (Lipinski definition) is 3. The van der Waals surface area contributed by atoms with Crippen molar-refractivity contribution in [3.8, 4) is 0 Å². The molecule has 14 heavy (non-hydrogen) atoms. The summed E-state index contributed by atoms with van der Waals surface area (Å²) in [5.74, 6) is 0. The fourth-order valence-electron chi connectivity index (χ4n) is 1.41. The maximum Gasteiger partial charge on any atom is 0.0889 e. The third kappa shape index (κ3) is 1.33. The first-order chi connectivity index (χ1) is 6.83. The Morgan fingerprint density at radius 1 is 1.50 bits per heavy atom. The van der Waals surface area contributed by atoms with Crippen LogP contribution in [0, 0.1) is 5.41 Å². The molecule has 2 N–H and O–H groups in total. The summed E-state index contributed by atoms with van der Waals surface area (Å²) in [6, 6.07) is 0. The predicted molar refractivity (Wildman–Crippen MR) is 58.7 cm³/mol. The van der Waals surface area contributed by atoms with Crippen LogP contribution in [0.3, 0.4) is 0 Å². The van der Waals surface area contributed by atoms with Crippen molar-refractivity contribution in [2.45, 2.75) is 0 Å². The van der Waals surface area contributed by atoms with Gasteiger partial charge in [-0.05, 0) is 6.08 Å². The van der Waals surface area contributed by atoms with E-state index in [1.807, 2.05) is 18.2 Å². The average molecular weight is 185 g/mol. The Morgan fingerprint density at radius 2 is 2.21 bits per heavy atom. The van der Waals surface area contributed by atoms with Crippen LogP contribution in [0.15, 0.2) is 53.2 Å². The zero-order valence-electron chi connectivity index (χ0n) is 7.75. The Balaban J connectivity index is 2.45. The van der Waals surface area contributed by atoms with E-state index < -0.39 is 0 Å². The lowest BCUT2D eigenvalue weighted by Crippen LogP contribution is -2.32. The molecule has 0 radical (unpaired) electrons. The van der Waals surface area contributed by atoms with Crippen molar-refractivity contribution in [2.75, 3.05) is 6.54 Å². The van der Waals surface area contributed by atoms with E-state index in [-0.39, 0.29) is 0 Å². The van der Waals surface area contributed by atoms with Gasteiger partial charge in [0.2, 0.25) is 0 Å². The SMILES string of the molecule is C=C/C(C1=NNC1)=C1/C=CC=CC1=N. The minimum absolute atomic E-state index is 0.511. The molecule has 0 spiro atoms. The van der Waals surface area contributed by atoms with Gasteiger partial charge in [-0.3, -0.25) is 0 Å². The van der Waals surface area contributed by atoms with E-state index in [1.165, 1.54) is 0 Å². The number of rotatable bonds is 2. The normalized spacial score (nSPS) is 22.3. The molecule has 3 nitrogen and oxygen atoms in total. The van der Waals surface area contributed by atoms with E-state index in [9.17, 15) is 0 Å². The van der Waals surface area contributed by atoms with Crippen molar-refractivity contribution < 1.29 is 0 Å². The standard InChI is InChI=1S/C11H11N3/c1-2-8(11-7-13-14-11)9-5-3-4-6-10(9)12/h2-6,12-13H,1,7H2/b9-8+,12-10?. The second-order valence-corrected chi connectivity index (χ2v) is 3.06. The molecule has 0 saturated heterocycles. The topological polar surface area (TPSA) is 48.2 Å². The van der Waals surface area contributed by atoms with E-state index in [1.54, 1.807) is 12.2 Å². The van der Waals surface area contributed by atoms with Gasteiger partial charge in [0.1, 0.15) is 0 Å². The Kier molecular flexibility index (Phi) is 2.14. The van der Waals surface area contributed by atoms with E-state index in [2.05, 4.69) is 17.1 Å². The zero-order chi connectivity index (χ0) is 9.97. The molecule has 0 aromatic carbocycles. The van der Waals surface area contributed by atoms with Crippen LogP contribution in [-0.2, 0) is 0 Å². The van der Waals surface area contributed by atoms with Crippen molar-refractivity contribution in [1.82, 2.24) is 5.43 Å². The highest BCUT2D eigenvalue weighted by molar-refractivity contribution is 6.18. The number of hydrogen-bond donors (Lipinski definition) is 2. The summed E-state index contributed by atoms with van der Waals surface area (Å²) in [6.45, 7) is 4.51. The minimum Gasteiger partial charge on any atom is -0.304 e. The van der Waals surface area contributed by atoms with Crippen molar-refractivity contribution >= 4 is 11.4 Å². The van der Waals surface area contributed by atoms with Crippen molar-refractivity contribution in [1.29, 1.82) is 5.41 Å². The number of hydrazone groups is 1. The van der Waals surface area contributed by atoms with Crippen LogP contribution in [0.1, 0.15) is 0 Å². The fourth-order valence-corrected chi connectivity index (χ4v) is 1.41. The summed E-state index contributed by atoms with van der Waals surface area (Å²) in [6.07, 6.45) is 9.22. The summed E-state index contributed by atoms with van der Waals surface area (Å²) in [7, 11) is 0. The second-order valence-electron chi connectivity index (χ2n) is 3.06. The summed E-state index contributed by atoms with van der Waals surface area (Å²) < 4.78 is 0. The van der Waals surface area contributed by atoms with Crippen LogP contribution < -0.4 is 5.43 Å². The predicted octanol–water partition coefficient (Wildman–Crippen LogP) is 1.57. The third-order valence-electron chi connectivity index (χ3n) is 2.19. The van der Waals surface area contributed by atoms with Gasteiger partial charge in [-0.25, -0.2) is 0 Å². The first kappa shape index (κ1) is 8.69. The largest absolute Gasteiger partial charge is 0.304 e. The van der Waals surface area contributed by atoms with E-state index in [0.717, 1.165) is 23.4 Å². The van der Waals surface area contributed by atoms with Gasteiger partial charge in [-0.1, -0.05) is 30.9 Å². The van der Waals surface area contributed by atoms with E-state index in [0.29, 0.717) is 5.71 Å². The third-order valence-corrected chi connectivity index (χ3v) is 2.19. The highest BCUT2D eigenvalue weighted by Crippen LogP contribution is 2.16.